The molecule has 24 heavy (non-hydrogen) atoms. The highest BCUT2D eigenvalue weighted by Gasteiger charge is 2.19. The number of hydrogen-bond donors (Lipinski definition) is 0. The van der Waals surface area contributed by atoms with E-state index < -0.39 is 0 Å². The Hall–Kier alpha value is -2.28. The Bertz CT molecular complexity index is 930. The van der Waals surface area contributed by atoms with Crippen LogP contribution in [0.5, 0.6) is 5.75 Å². The summed E-state index contributed by atoms with van der Waals surface area (Å²) in [4.78, 5) is 12.7. The van der Waals surface area contributed by atoms with Crippen LogP contribution in [0.1, 0.15) is 19.3 Å². The highest BCUT2D eigenvalue weighted by atomic mass is 32.2. The molecule has 0 amide bonds. The number of aromatic nitrogens is 4. The van der Waals surface area contributed by atoms with Gasteiger partial charge >= 0.3 is 5.56 Å². The van der Waals surface area contributed by atoms with Crippen molar-refractivity contribution in [1.82, 2.24) is 19.2 Å². The fourth-order valence-corrected chi connectivity index (χ4v) is 3.88. The fraction of sp³-hybridized carbons (Fsp3) is 0.353. The largest absolute Gasteiger partial charge is 0.497 e. The molecule has 0 aliphatic heterocycles. The minimum atomic E-state index is -0.186. The summed E-state index contributed by atoms with van der Waals surface area (Å²) < 4.78 is 8.57. The number of ether oxygens (including phenoxy) is 1. The van der Waals surface area contributed by atoms with Gasteiger partial charge in [0.1, 0.15) is 5.75 Å². The van der Waals surface area contributed by atoms with E-state index in [0.717, 1.165) is 22.5 Å². The Labute approximate surface area is 143 Å². The zero-order valence-corrected chi connectivity index (χ0v) is 14.2. The Balaban J connectivity index is 1.69. The van der Waals surface area contributed by atoms with Crippen LogP contribution in [-0.4, -0.2) is 32.0 Å². The lowest BCUT2D eigenvalue weighted by Crippen LogP contribution is -2.20. The smallest absolute Gasteiger partial charge is 0.300 e. The molecule has 4 rings (SSSR count). The molecule has 0 unspecified atom stereocenters. The Kier molecular flexibility index (Phi) is 4.02. The molecular weight excluding hydrogens is 324 g/mol. The van der Waals surface area contributed by atoms with Crippen molar-refractivity contribution < 1.29 is 4.74 Å². The molecule has 1 aliphatic rings. The van der Waals surface area contributed by atoms with Crippen LogP contribution in [0.3, 0.4) is 0 Å². The van der Waals surface area contributed by atoms with Crippen LogP contribution >= 0.6 is 11.8 Å². The number of rotatable bonds is 5. The summed E-state index contributed by atoms with van der Waals surface area (Å²) in [6, 6.07) is 7.39. The molecule has 2 aromatic heterocycles. The first kappa shape index (κ1) is 15.3. The van der Waals surface area contributed by atoms with E-state index in [-0.39, 0.29) is 5.56 Å². The molecule has 6 nitrogen and oxygen atoms in total. The highest BCUT2D eigenvalue weighted by Crippen LogP contribution is 2.31. The third-order valence-electron chi connectivity index (χ3n) is 4.44. The van der Waals surface area contributed by atoms with E-state index in [4.69, 9.17) is 4.74 Å². The van der Waals surface area contributed by atoms with Crippen molar-refractivity contribution in [3.63, 3.8) is 0 Å². The van der Waals surface area contributed by atoms with Gasteiger partial charge in [-0.2, -0.15) is 0 Å². The number of nitrogens with zero attached hydrogens (tertiary/aromatic N) is 4. The second kappa shape index (κ2) is 6.32. The van der Waals surface area contributed by atoms with Crippen molar-refractivity contribution in [2.75, 3.05) is 12.9 Å². The van der Waals surface area contributed by atoms with Crippen molar-refractivity contribution >= 4 is 17.4 Å². The maximum Gasteiger partial charge on any atom is 0.300 e. The Morgan fingerprint density at radius 1 is 1.29 bits per heavy atom. The molecule has 0 saturated heterocycles. The van der Waals surface area contributed by atoms with Crippen LogP contribution in [0.15, 0.2) is 46.6 Å². The molecule has 0 spiro atoms. The molecule has 0 atom stereocenters. The lowest BCUT2D eigenvalue weighted by atomic mass is 9.87. The average Bonchev–Trinajstić information content (AvgIpc) is 2.98. The molecule has 1 fully saturated rings. The van der Waals surface area contributed by atoms with E-state index in [2.05, 4.69) is 10.2 Å². The van der Waals surface area contributed by atoms with Gasteiger partial charge in [0.2, 0.25) is 5.65 Å². The number of hydrogen-bond acceptors (Lipinski definition) is 5. The number of fused-ring (bicyclic) bond motifs is 1. The minimum absolute atomic E-state index is 0.186. The molecule has 7 heteroatoms. The third-order valence-corrected chi connectivity index (χ3v) is 5.62. The maximum absolute atomic E-state index is 12.7. The molecule has 0 N–H and O–H groups in total. The van der Waals surface area contributed by atoms with Crippen molar-refractivity contribution in [1.29, 1.82) is 0 Å². The van der Waals surface area contributed by atoms with Crippen LogP contribution in [0.25, 0.3) is 11.3 Å². The van der Waals surface area contributed by atoms with Gasteiger partial charge in [-0.15, -0.1) is 10.2 Å². The molecule has 1 aliphatic carbocycles. The van der Waals surface area contributed by atoms with Crippen molar-refractivity contribution in [3.8, 4) is 11.4 Å². The first-order valence-corrected chi connectivity index (χ1v) is 8.98. The van der Waals surface area contributed by atoms with E-state index in [1.165, 1.54) is 19.3 Å². The number of thioether (sulfide) groups is 1. The predicted molar refractivity (Wildman–Crippen MR) is 93.2 cm³/mol. The molecule has 124 valence electrons. The van der Waals surface area contributed by atoms with Crippen LogP contribution in [0, 0.1) is 5.92 Å². The topological polar surface area (TPSA) is 61.4 Å². The number of benzene rings is 1. The summed E-state index contributed by atoms with van der Waals surface area (Å²) >= 11 is 1.68. The summed E-state index contributed by atoms with van der Waals surface area (Å²) in [5.41, 5.74) is 0.902. The molecule has 2 heterocycles. The predicted octanol–water partition coefficient (Wildman–Crippen LogP) is 2.78. The Morgan fingerprint density at radius 3 is 2.92 bits per heavy atom. The first-order valence-electron chi connectivity index (χ1n) is 8.00. The van der Waals surface area contributed by atoms with Gasteiger partial charge in [-0.1, -0.05) is 24.2 Å². The van der Waals surface area contributed by atoms with Gasteiger partial charge in [-0.25, -0.2) is 0 Å². The molecule has 1 saturated carbocycles. The van der Waals surface area contributed by atoms with Crippen LogP contribution in [0.2, 0.25) is 0 Å². The Morgan fingerprint density at radius 2 is 2.17 bits per heavy atom. The molecule has 3 aromatic rings. The maximum atomic E-state index is 12.7. The van der Waals surface area contributed by atoms with Gasteiger partial charge in [0.05, 0.1) is 12.8 Å². The summed E-state index contributed by atoms with van der Waals surface area (Å²) in [6.07, 6.45) is 7.52. The second-order valence-corrected chi connectivity index (χ2v) is 6.95. The minimum Gasteiger partial charge on any atom is -0.497 e. The second-order valence-electron chi connectivity index (χ2n) is 5.96. The standard InChI is InChI=1S/C17H18N4O2S/c1-23-14-7-3-6-13(10-14)20-8-9-21-15(16(20)22)18-19-17(21)24-11-12-4-2-5-12/h3,6-10,12H,2,4-5,11H2,1H3. The van der Waals surface area contributed by atoms with Gasteiger partial charge in [-0.05, 0) is 30.9 Å². The summed E-state index contributed by atoms with van der Waals surface area (Å²) in [7, 11) is 1.61. The monoisotopic (exact) mass is 342 g/mol. The van der Waals surface area contributed by atoms with Crippen molar-refractivity contribution in [2.45, 2.75) is 24.4 Å². The van der Waals surface area contributed by atoms with Gasteiger partial charge < -0.3 is 4.74 Å². The molecule has 0 bridgehead atoms. The first-order chi connectivity index (χ1) is 11.8. The van der Waals surface area contributed by atoms with E-state index in [1.807, 2.05) is 30.5 Å². The van der Waals surface area contributed by atoms with Gasteiger partial charge in [0.25, 0.3) is 0 Å². The zero-order chi connectivity index (χ0) is 16.5. The summed E-state index contributed by atoms with van der Waals surface area (Å²) in [5, 5.41) is 9.07. The summed E-state index contributed by atoms with van der Waals surface area (Å²) in [5.74, 6) is 2.52. The van der Waals surface area contributed by atoms with Crippen molar-refractivity contribution in [2.24, 2.45) is 5.92 Å². The molecule has 1 aromatic carbocycles. The quantitative estimate of drug-likeness (QED) is 0.667. The van der Waals surface area contributed by atoms with Crippen LogP contribution < -0.4 is 10.3 Å². The average molecular weight is 342 g/mol. The van der Waals surface area contributed by atoms with Gasteiger partial charge in [0, 0.05) is 24.2 Å². The normalized spacial score (nSPS) is 14.7. The van der Waals surface area contributed by atoms with Crippen LogP contribution in [0.4, 0.5) is 0 Å². The lowest BCUT2D eigenvalue weighted by Gasteiger charge is -2.24. The lowest BCUT2D eigenvalue weighted by molar-refractivity contribution is 0.353. The van der Waals surface area contributed by atoms with Gasteiger partial charge in [0.15, 0.2) is 5.16 Å². The molecule has 0 radical (unpaired) electrons. The highest BCUT2D eigenvalue weighted by molar-refractivity contribution is 7.99. The third kappa shape index (κ3) is 2.69. The zero-order valence-electron chi connectivity index (χ0n) is 13.4. The molecular formula is C17H18N4O2S. The van der Waals surface area contributed by atoms with E-state index in [9.17, 15) is 4.79 Å². The fourth-order valence-electron chi connectivity index (χ4n) is 2.78. The van der Waals surface area contributed by atoms with Gasteiger partial charge in [-0.3, -0.25) is 13.8 Å². The van der Waals surface area contributed by atoms with E-state index in [1.54, 1.807) is 34.0 Å². The van der Waals surface area contributed by atoms with Crippen LogP contribution in [-0.2, 0) is 0 Å². The van der Waals surface area contributed by atoms with E-state index in [0.29, 0.717) is 11.4 Å². The van der Waals surface area contributed by atoms with Crippen molar-refractivity contribution in [3.05, 3.63) is 47.0 Å². The SMILES string of the molecule is COc1cccc(-n2ccn3c(SCC4CCC4)nnc3c2=O)c1. The number of methoxy groups -OCH3 is 1. The summed E-state index contributed by atoms with van der Waals surface area (Å²) in [6.45, 7) is 0. The van der Waals surface area contributed by atoms with E-state index >= 15 is 0 Å².